The van der Waals surface area contributed by atoms with E-state index in [0.29, 0.717) is 5.92 Å². The highest BCUT2D eigenvalue weighted by Gasteiger charge is 2.25. The summed E-state index contributed by atoms with van der Waals surface area (Å²) >= 11 is 0. The van der Waals surface area contributed by atoms with Gasteiger partial charge in [0, 0.05) is 18.9 Å². The summed E-state index contributed by atoms with van der Waals surface area (Å²) in [4.78, 5) is 0. The Kier molecular flexibility index (Phi) is 3.77. The highest BCUT2D eigenvalue weighted by Crippen LogP contribution is 2.32. The van der Waals surface area contributed by atoms with E-state index in [0.717, 1.165) is 37.3 Å². The van der Waals surface area contributed by atoms with Crippen LogP contribution in [0.2, 0.25) is 0 Å². The van der Waals surface area contributed by atoms with Crippen LogP contribution in [-0.2, 0) is 4.74 Å². The number of nitrogens with two attached hydrogens (primary N) is 2. The molecule has 0 aromatic heterocycles. The first-order chi connectivity index (χ1) is 7.83. The summed E-state index contributed by atoms with van der Waals surface area (Å²) in [7, 11) is 0. The molecule has 0 bridgehead atoms. The standard InChI is InChI=1S/C12H19N3O/c13-11-4-2-1-3-10(11)12(15-14)9-5-7-16-8-6-9/h1-4,9,12,15H,5-8,13-14H2. The molecule has 0 saturated carbocycles. The number of ether oxygens (including phenoxy) is 1. The molecule has 4 heteroatoms. The molecule has 0 radical (unpaired) electrons. The van der Waals surface area contributed by atoms with Crippen molar-refractivity contribution in [3.05, 3.63) is 29.8 Å². The van der Waals surface area contributed by atoms with Gasteiger partial charge in [0.15, 0.2) is 0 Å². The minimum Gasteiger partial charge on any atom is -0.398 e. The minimum absolute atomic E-state index is 0.130. The normalized spacial score (nSPS) is 19.6. The molecule has 1 atom stereocenters. The van der Waals surface area contributed by atoms with Gasteiger partial charge in [-0.05, 0) is 30.4 Å². The lowest BCUT2D eigenvalue weighted by molar-refractivity contribution is 0.0537. The summed E-state index contributed by atoms with van der Waals surface area (Å²) in [5, 5.41) is 0. The molecule has 5 N–H and O–H groups in total. The fourth-order valence-corrected chi connectivity index (χ4v) is 2.32. The summed E-state index contributed by atoms with van der Waals surface area (Å²) in [6, 6.07) is 8.02. The minimum atomic E-state index is 0.130. The maximum absolute atomic E-state index is 5.98. The van der Waals surface area contributed by atoms with E-state index < -0.39 is 0 Å². The average molecular weight is 221 g/mol. The zero-order chi connectivity index (χ0) is 11.4. The lowest BCUT2D eigenvalue weighted by atomic mass is 9.87. The Morgan fingerprint density at radius 2 is 1.94 bits per heavy atom. The second kappa shape index (κ2) is 5.30. The highest BCUT2D eigenvalue weighted by molar-refractivity contribution is 5.48. The summed E-state index contributed by atoms with van der Waals surface area (Å²) in [6.07, 6.45) is 2.06. The molecule has 0 spiro atoms. The lowest BCUT2D eigenvalue weighted by Crippen LogP contribution is -2.36. The van der Waals surface area contributed by atoms with Crippen LogP contribution in [0.5, 0.6) is 0 Å². The van der Waals surface area contributed by atoms with E-state index in [1.165, 1.54) is 0 Å². The van der Waals surface area contributed by atoms with Crippen LogP contribution < -0.4 is 17.0 Å². The first-order valence-corrected chi connectivity index (χ1v) is 5.71. The third kappa shape index (κ3) is 2.35. The summed E-state index contributed by atoms with van der Waals surface area (Å²) in [6.45, 7) is 1.63. The lowest BCUT2D eigenvalue weighted by Gasteiger charge is -2.30. The number of nitrogens with one attached hydrogen (secondary N) is 1. The van der Waals surface area contributed by atoms with Crippen LogP contribution in [0.4, 0.5) is 5.69 Å². The number of anilines is 1. The number of hydrogen-bond acceptors (Lipinski definition) is 4. The molecular formula is C12H19N3O. The van der Waals surface area contributed by atoms with Crippen molar-refractivity contribution in [2.24, 2.45) is 11.8 Å². The number of rotatable bonds is 3. The van der Waals surface area contributed by atoms with Gasteiger partial charge in [0.1, 0.15) is 0 Å². The predicted molar refractivity (Wildman–Crippen MR) is 64.5 cm³/mol. The van der Waals surface area contributed by atoms with Gasteiger partial charge in [-0.15, -0.1) is 0 Å². The summed E-state index contributed by atoms with van der Waals surface area (Å²) in [5.74, 6) is 6.16. The molecule has 1 aromatic carbocycles. The van der Waals surface area contributed by atoms with Gasteiger partial charge in [0.2, 0.25) is 0 Å². The molecule has 2 rings (SSSR count). The first kappa shape index (κ1) is 11.4. The van der Waals surface area contributed by atoms with E-state index in [1.54, 1.807) is 0 Å². The third-order valence-corrected chi connectivity index (χ3v) is 3.25. The van der Waals surface area contributed by atoms with E-state index in [4.69, 9.17) is 16.3 Å². The topological polar surface area (TPSA) is 73.3 Å². The average Bonchev–Trinajstić information content (AvgIpc) is 2.34. The van der Waals surface area contributed by atoms with Crippen molar-refractivity contribution >= 4 is 5.69 Å². The maximum atomic E-state index is 5.98. The van der Waals surface area contributed by atoms with Gasteiger partial charge in [-0.2, -0.15) is 0 Å². The molecule has 1 unspecified atom stereocenters. The quantitative estimate of drug-likeness (QED) is 0.407. The Hall–Kier alpha value is -1.10. The molecule has 1 fully saturated rings. The summed E-state index contributed by atoms with van der Waals surface area (Å²) in [5.41, 5.74) is 10.8. The van der Waals surface area contributed by atoms with Gasteiger partial charge in [0.05, 0.1) is 6.04 Å². The molecule has 0 amide bonds. The SMILES string of the molecule is NNC(c1ccccc1N)C1CCOCC1. The number of para-hydroxylation sites is 1. The van der Waals surface area contributed by atoms with Gasteiger partial charge in [-0.3, -0.25) is 11.3 Å². The summed E-state index contributed by atoms with van der Waals surface area (Å²) < 4.78 is 5.36. The first-order valence-electron chi connectivity index (χ1n) is 5.71. The third-order valence-electron chi connectivity index (χ3n) is 3.25. The van der Waals surface area contributed by atoms with E-state index in [-0.39, 0.29) is 6.04 Å². The Balaban J connectivity index is 2.18. The number of hydrazine groups is 1. The van der Waals surface area contributed by atoms with Crippen LogP contribution in [0.15, 0.2) is 24.3 Å². The fraction of sp³-hybridized carbons (Fsp3) is 0.500. The molecular weight excluding hydrogens is 202 g/mol. The zero-order valence-electron chi connectivity index (χ0n) is 9.36. The van der Waals surface area contributed by atoms with Crippen molar-refractivity contribution in [2.45, 2.75) is 18.9 Å². The van der Waals surface area contributed by atoms with Crippen LogP contribution in [0.1, 0.15) is 24.4 Å². The van der Waals surface area contributed by atoms with Gasteiger partial charge in [0.25, 0.3) is 0 Å². The smallest absolute Gasteiger partial charge is 0.0510 e. The molecule has 88 valence electrons. The van der Waals surface area contributed by atoms with E-state index in [9.17, 15) is 0 Å². The second-order valence-corrected chi connectivity index (χ2v) is 4.22. The Morgan fingerprint density at radius 3 is 2.56 bits per heavy atom. The monoisotopic (exact) mass is 221 g/mol. The molecule has 0 aliphatic carbocycles. The number of nitrogen functional groups attached to an aromatic ring is 1. The molecule has 1 aliphatic heterocycles. The van der Waals surface area contributed by atoms with Gasteiger partial charge < -0.3 is 10.5 Å². The molecule has 16 heavy (non-hydrogen) atoms. The predicted octanol–water partition coefficient (Wildman–Crippen LogP) is 1.20. The molecule has 1 aliphatic rings. The van der Waals surface area contributed by atoms with E-state index >= 15 is 0 Å². The Morgan fingerprint density at radius 1 is 1.25 bits per heavy atom. The van der Waals surface area contributed by atoms with E-state index in [2.05, 4.69) is 5.43 Å². The second-order valence-electron chi connectivity index (χ2n) is 4.22. The Bertz CT molecular complexity index is 337. The zero-order valence-corrected chi connectivity index (χ0v) is 9.36. The fourth-order valence-electron chi connectivity index (χ4n) is 2.32. The van der Waals surface area contributed by atoms with Crippen molar-refractivity contribution in [2.75, 3.05) is 18.9 Å². The number of hydrogen-bond donors (Lipinski definition) is 3. The van der Waals surface area contributed by atoms with Crippen molar-refractivity contribution in [1.29, 1.82) is 0 Å². The molecule has 4 nitrogen and oxygen atoms in total. The van der Waals surface area contributed by atoms with Gasteiger partial charge in [-0.1, -0.05) is 18.2 Å². The van der Waals surface area contributed by atoms with Crippen LogP contribution in [-0.4, -0.2) is 13.2 Å². The van der Waals surface area contributed by atoms with Crippen LogP contribution in [0.25, 0.3) is 0 Å². The van der Waals surface area contributed by atoms with Crippen LogP contribution in [0.3, 0.4) is 0 Å². The molecule has 1 aromatic rings. The maximum Gasteiger partial charge on any atom is 0.0510 e. The van der Waals surface area contributed by atoms with Crippen molar-refractivity contribution in [3.8, 4) is 0 Å². The van der Waals surface area contributed by atoms with Crippen molar-refractivity contribution in [3.63, 3.8) is 0 Å². The number of benzene rings is 1. The Labute approximate surface area is 95.9 Å². The van der Waals surface area contributed by atoms with Crippen molar-refractivity contribution < 1.29 is 4.74 Å². The van der Waals surface area contributed by atoms with Crippen LogP contribution in [0, 0.1) is 5.92 Å². The van der Waals surface area contributed by atoms with Gasteiger partial charge >= 0.3 is 0 Å². The highest BCUT2D eigenvalue weighted by atomic mass is 16.5. The largest absolute Gasteiger partial charge is 0.398 e. The van der Waals surface area contributed by atoms with E-state index in [1.807, 2.05) is 24.3 Å². The van der Waals surface area contributed by atoms with Gasteiger partial charge in [-0.25, -0.2) is 0 Å². The van der Waals surface area contributed by atoms with Crippen molar-refractivity contribution in [1.82, 2.24) is 5.43 Å². The molecule has 1 saturated heterocycles. The molecule has 1 heterocycles. The van der Waals surface area contributed by atoms with Crippen LogP contribution >= 0.6 is 0 Å².